The Labute approximate surface area is 224 Å². The van der Waals surface area contributed by atoms with Gasteiger partial charge >= 0.3 is 17.3 Å². The highest BCUT2D eigenvalue weighted by molar-refractivity contribution is 7.99. The summed E-state index contributed by atoms with van der Waals surface area (Å²) in [5.41, 5.74) is 0.844. The summed E-state index contributed by atoms with van der Waals surface area (Å²) in [6.45, 7) is 7.59. The van der Waals surface area contributed by atoms with Gasteiger partial charge in [0, 0.05) is 27.1 Å². The van der Waals surface area contributed by atoms with Crippen molar-refractivity contribution in [3.05, 3.63) is 110 Å². The van der Waals surface area contributed by atoms with E-state index in [0.29, 0.717) is 16.3 Å². The molecule has 3 aromatic rings. The van der Waals surface area contributed by atoms with E-state index in [9.17, 15) is 14.4 Å². The Kier molecular flexibility index (Phi) is 9.71. The van der Waals surface area contributed by atoms with E-state index >= 15 is 0 Å². The molecule has 0 aliphatic carbocycles. The third-order valence-electron chi connectivity index (χ3n) is 5.28. The fourth-order valence-electron chi connectivity index (χ4n) is 3.31. The van der Waals surface area contributed by atoms with Crippen LogP contribution >= 0.6 is 23.4 Å². The lowest BCUT2D eigenvalue weighted by Gasteiger charge is -2.15. The third-order valence-corrected chi connectivity index (χ3v) is 6.42. The Hall–Kier alpha value is -3.82. The maximum absolute atomic E-state index is 13.1. The molecule has 8 nitrogen and oxygen atoms in total. The Balaban J connectivity index is 1.85. The summed E-state index contributed by atoms with van der Waals surface area (Å²) in [6.07, 6.45) is 5.24. The van der Waals surface area contributed by atoms with Crippen molar-refractivity contribution in [3.8, 4) is 0 Å². The second-order valence-corrected chi connectivity index (χ2v) is 9.37. The first-order valence-corrected chi connectivity index (χ1v) is 12.6. The molecule has 3 rings (SSSR count). The molecule has 0 bridgehead atoms. The lowest BCUT2D eigenvalue weighted by Crippen LogP contribution is -2.42. The van der Waals surface area contributed by atoms with Gasteiger partial charge < -0.3 is 10.1 Å². The van der Waals surface area contributed by atoms with Crippen molar-refractivity contribution >= 4 is 41.0 Å². The smallest absolute Gasteiger partial charge is 0.354 e. The van der Waals surface area contributed by atoms with Gasteiger partial charge in [-0.2, -0.15) is 4.98 Å². The van der Waals surface area contributed by atoms with Gasteiger partial charge in [0.05, 0.1) is 19.2 Å². The van der Waals surface area contributed by atoms with E-state index < -0.39 is 11.4 Å². The molecule has 0 aliphatic heterocycles. The van der Waals surface area contributed by atoms with Gasteiger partial charge in [0.15, 0.2) is 0 Å². The molecular weight excluding hydrogens is 512 g/mol. The van der Waals surface area contributed by atoms with Crippen LogP contribution in [0.25, 0.3) is 0 Å². The van der Waals surface area contributed by atoms with Crippen molar-refractivity contribution in [1.82, 2.24) is 14.1 Å². The molecule has 0 saturated carbocycles. The topological polar surface area (TPSA) is 95.2 Å². The van der Waals surface area contributed by atoms with E-state index in [1.165, 1.54) is 23.4 Å². The summed E-state index contributed by atoms with van der Waals surface area (Å²) in [6, 6.07) is 14.6. The molecule has 10 heteroatoms. The number of anilines is 2. The van der Waals surface area contributed by atoms with Crippen molar-refractivity contribution < 1.29 is 9.53 Å². The number of methoxy groups -OCH3 is 1. The molecule has 0 aliphatic rings. The molecular formula is C27H27ClN4O4S. The molecule has 192 valence electrons. The average Bonchev–Trinajstić information content (AvgIpc) is 2.89. The number of benzene rings is 2. The van der Waals surface area contributed by atoms with Crippen molar-refractivity contribution in [2.45, 2.75) is 36.7 Å². The quantitative estimate of drug-likeness (QED) is 0.274. The van der Waals surface area contributed by atoms with E-state index in [2.05, 4.69) is 16.9 Å². The number of rotatable bonds is 10. The molecule has 0 spiro atoms. The van der Waals surface area contributed by atoms with E-state index in [4.69, 9.17) is 16.3 Å². The number of nitrogens with zero attached hydrogens (tertiary/aromatic N) is 3. The highest BCUT2D eigenvalue weighted by Gasteiger charge is 2.14. The van der Waals surface area contributed by atoms with Crippen LogP contribution in [0.15, 0.2) is 103 Å². The fraction of sp³-hybridized carbons (Fsp3) is 0.185. The summed E-state index contributed by atoms with van der Waals surface area (Å²) in [5.74, 6) is -0.247. The van der Waals surface area contributed by atoms with Crippen LogP contribution in [-0.2, 0) is 17.8 Å². The van der Waals surface area contributed by atoms with Gasteiger partial charge in [0.2, 0.25) is 5.95 Å². The highest BCUT2D eigenvalue weighted by Crippen LogP contribution is 2.29. The van der Waals surface area contributed by atoms with Crippen molar-refractivity contribution in [2.24, 2.45) is 0 Å². The first-order valence-electron chi connectivity index (χ1n) is 11.4. The lowest BCUT2D eigenvalue weighted by molar-refractivity contribution is 0.0600. The first-order chi connectivity index (χ1) is 17.7. The van der Waals surface area contributed by atoms with Gasteiger partial charge in [-0.1, -0.05) is 42.1 Å². The van der Waals surface area contributed by atoms with E-state index in [-0.39, 0.29) is 25.0 Å². The molecule has 2 aromatic carbocycles. The van der Waals surface area contributed by atoms with Crippen LogP contribution in [0, 0.1) is 0 Å². The van der Waals surface area contributed by atoms with Crippen molar-refractivity contribution in [1.29, 1.82) is 0 Å². The van der Waals surface area contributed by atoms with Crippen LogP contribution in [-0.4, -0.2) is 27.2 Å². The second-order valence-electron chi connectivity index (χ2n) is 7.74. The van der Waals surface area contributed by atoms with E-state index in [1.54, 1.807) is 31.2 Å². The predicted octanol–water partition coefficient (Wildman–Crippen LogP) is 5.36. The average molecular weight is 539 g/mol. The number of carbonyl (C=O) groups excluding carboxylic acids is 1. The normalized spacial score (nSPS) is 11.5. The van der Waals surface area contributed by atoms with Gasteiger partial charge in [-0.25, -0.2) is 19.0 Å². The molecule has 1 aromatic heterocycles. The number of allylic oxidation sites excluding steroid dienone is 5. The zero-order valence-corrected chi connectivity index (χ0v) is 22.3. The van der Waals surface area contributed by atoms with Crippen molar-refractivity contribution in [3.63, 3.8) is 0 Å². The molecule has 0 fully saturated rings. The molecule has 0 saturated heterocycles. The van der Waals surface area contributed by atoms with Crippen molar-refractivity contribution in [2.75, 3.05) is 12.4 Å². The SMILES string of the molecule is C=C(Cl)/C=C\C(=C/C)Cn1c(Nc2ccc(Sc3ccc(C(=O)OC)cc3)cc2)nc(=O)n(CC)c1=O. The fourth-order valence-corrected chi connectivity index (χ4v) is 4.19. The highest BCUT2D eigenvalue weighted by atomic mass is 35.5. The zero-order chi connectivity index (χ0) is 26.9. The number of hydrogen-bond acceptors (Lipinski definition) is 7. The lowest BCUT2D eigenvalue weighted by atomic mass is 10.2. The second kappa shape index (κ2) is 12.9. The van der Waals surface area contributed by atoms with Crippen LogP contribution in [0.5, 0.6) is 0 Å². The minimum atomic E-state index is -0.625. The molecule has 1 heterocycles. The minimum Gasteiger partial charge on any atom is -0.465 e. The van der Waals surface area contributed by atoms with E-state index in [1.807, 2.05) is 49.4 Å². The largest absolute Gasteiger partial charge is 0.465 e. The summed E-state index contributed by atoms with van der Waals surface area (Å²) in [5, 5.41) is 3.46. The Morgan fingerprint density at radius 2 is 1.70 bits per heavy atom. The summed E-state index contributed by atoms with van der Waals surface area (Å²) >= 11 is 7.37. The van der Waals surface area contributed by atoms with Gasteiger partial charge in [-0.3, -0.25) is 4.57 Å². The Morgan fingerprint density at radius 1 is 1.08 bits per heavy atom. The number of ether oxygens (including phenoxy) is 1. The molecule has 1 N–H and O–H groups in total. The first kappa shape index (κ1) is 27.8. The summed E-state index contributed by atoms with van der Waals surface area (Å²) in [7, 11) is 1.35. The predicted molar refractivity (Wildman–Crippen MR) is 148 cm³/mol. The number of halogens is 1. The van der Waals surface area contributed by atoms with Crippen LogP contribution in [0.1, 0.15) is 24.2 Å². The number of carbonyl (C=O) groups is 1. The monoisotopic (exact) mass is 538 g/mol. The minimum absolute atomic E-state index is 0.135. The maximum atomic E-state index is 13.1. The van der Waals surface area contributed by atoms with Crippen LogP contribution < -0.4 is 16.7 Å². The van der Waals surface area contributed by atoms with E-state index in [0.717, 1.165) is 19.9 Å². The maximum Gasteiger partial charge on any atom is 0.354 e. The number of hydrogen-bond donors (Lipinski definition) is 1. The number of aromatic nitrogens is 3. The van der Waals surface area contributed by atoms with Gasteiger partial charge in [-0.05, 0) is 74.0 Å². The summed E-state index contributed by atoms with van der Waals surface area (Å²) in [4.78, 5) is 43.2. The molecule has 37 heavy (non-hydrogen) atoms. The van der Waals surface area contributed by atoms with Gasteiger partial charge in [0.25, 0.3) is 0 Å². The molecule has 0 radical (unpaired) electrons. The molecule has 0 amide bonds. The zero-order valence-electron chi connectivity index (χ0n) is 20.7. The van der Waals surface area contributed by atoms with Crippen LogP contribution in [0.4, 0.5) is 11.6 Å². The number of esters is 1. The van der Waals surface area contributed by atoms with Gasteiger partial charge in [-0.15, -0.1) is 0 Å². The molecule has 0 unspecified atom stereocenters. The standard InChI is InChI=1S/C27H27ClN4O4S/c1-5-19(8-7-18(3)28)17-32-25(30-26(34)31(6-2)27(32)35)29-21-11-15-23(16-12-21)37-22-13-9-20(10-14-22)24(33)36-4/h5,7-16H,3,6,17H2,1-2,4H3,(H,29,30,34)/b8-7-,19-5+. The van der Waals surface area contributed by atoms with Crippen LogP contribution in [0.3, 0.4) is 0 Å². The Bertz CT molecular complexity index is 1460. The Morgan fingerprint density at radius 3 is 2.24 bits per heavy atom. The number of nitrogens with one attached hydrogen (secondary N) is 1. The summed E-state index contributed by atoms with van der Waals surface area (Å²) < 4.78 is 7.21. The molecule has 0 atom stereocenters. The van der Waals surface area contributed by atoms with Gasteiger partial charge in [0.1, 0.15) is 0 Å². The third kappa shape index (κ3) is 7.34. The van der Waals surface area contributed by atoms with Crippen LogP contribution in [0.2, 0.25) is 0 Å².